The minimum Gasteiger partial charge on any atom is -0.361 e. The molecule has 0 atom stereocenters. The lowest BCUT2D eigenvalue weighted by atomic mass is 10.0. The van der Waals surface area contributed by atoms with Crippen LogP contribution in [0, 0.1) is 0 Å². The maximum atomic E-state index is 11.3. The van der Waals surface area contributed by atoms with Crippen LogP contribution >= 0.6 is 0 Å². The summed E-state index contributed by atoms with van der Waals surface area (Å²) in [5, 5.41) is 0. The first-order chi connectivity index (χ1) is 12.7. The smallest absolute Gasteiger partial charge is 0.361 e. The van der Waals surface area contributed by atoms with Crippen LogP contribution in [0.4, 0.5) is 0 Å². The highest BCUT2D eigenvalue weighted by Gasteiger charge is 2.22. The van der Waals surface area contributed by atoms with Crippen molar-refractivity contribution in [1.29, 1.82) is 0 Å². The van der Waals surface area contributed by atoms with E-state index in [-0.39, 0.29) is 5.75 Å². The Balaban J connectivity index is 2.21. The van der Waals surface area contributed by atoms with Crippen molar-refractivity contribution in [3.05, 3.63) is 29.8 Å². The third-order valence-electron chi connectivity index (χ3n) is 4.11. The Labute approximate surface area is 163 Å². The molecule has 1 aromatic rings. The predicted octanol–water partition coefficient (Wildman–Crippen LogP) is 4.59. The molecule has 0 spiro atoms. The molecule has 0 radical (unpaired) electrons. The molecule has 0 aliphatic heterocycles. The van der Waals surface area contributed by atoms with Crippen molar-refractivity contribution in [2.45, 2.75) is 77.6 Å². The van der Waals surface area contributed by atoms with E-state index in [9.17, 15) is 16.8 Å². The van der Waals surface area contributed by atoms with E-state index in [1.165, 1.54) is 63.5 Å². The SMILES string of the molecule is CCCCCCCCCCCCc1ccc(OS(=O)(=O)OS(=O)(=O)O)cc1. The van der Waals surface area contributed by atoms with Crippen LogP contribution in [0.3, 0.4) is 0 Å². The van der Waals surface area contributed by atoms with Crippen molar-refractivity contribution >= 4 is 20.8 Å². The minimum absolute atomic E-state index is 0.0922. The number of hydrogen-bond donors (Lipinski definition) is 1. The van der Waals surface area contributed by atoms with Crippen LogP contribution < -0.4 is 4.18 Å². The first-order valence-electron chi connectivity index (χ1n) is 9.44. The molecule has 1 N–H and O–H groups in total. The van der Waals surface area contributed by atoms with Crippen molar-refractivity contribution in [2.24, 2.45) is 0 Å². The van der Waals surface area contributed by atoms with Crippen LogP contribution in [-0.2, 0) is 30.8 Å². The summed E-state index contributed by atoms with van der Waals surface area (Å²) in [4.78, 5) is 0. The van der Waals surface area contributed by atoms with E-state index in [4.69, 9.17) is 4.55 Å². The average molecular weight is 423 g/mol. The lowest BCUT2D eigenvalue weighted by molar-refractivity contribution is 0.347. The van der Waals surface area contributed by atoms with Gasteiger partial charge in [-0.1, -0.05) is 80.5 Å². The van der Waals surface area contributed by atoms with Gasteiger partial charge in [0.15, 0.2) is 0 Å². The van der Waals surface area contributed by atoms with Gasteiger partial charge < -0.3 is 4.18 Å². The zero-order valence-corrected chi connectivity index (χ0v) is 17.4. The van der Waals surface area contributed by atoms with E-state index in [0.29, 0.717) is 0 Å². The lowest BCUT2D eigenvalue weighted by Crippen LogP contribution is -2.17. The Morgan fingerprint density at radius 1 is 0.778 bits per heavy atom. The Kier molecular flexibility index (Phi) is 10.9. The van der Waals surface area contributed by atoms with Gasteiger partial charge in [0.2, 0.25) is 0 Å². The fraction of sp³-hybridized carbons (Fsp3) is 0.667. The van der Waals surface area contributed by atoms with Crippen molar-refractivity contribution in [2.75, 3.05) is 0 Å². The van der Waals surface area contributed by atoms with E-state index in [1.54, 1.807) is 12.1 Å². The molecule has 0 saturated carbocycles. The second kappa shape index (κ2) is 12.3. The van der Waals surface area contributed by atoms with Crippen LogP contribution in [0.1, 0.15) is 76.7 Å². The molecule has 156 valence electrons. The highest BCUT2D eigenvalue weighted by atomic mass is 32.3. The largest absolute Gasteiger partial charge is 0.465 e. The molecule has 0 aliphatic carbocycles. The summed E-state index contributed by atoms with van der Waals surface area (Å²) in [5.74, 6) is -0.0922. The molecular formula is C18H30O7S2. The van der Waals surface area contributed by atoms with Crippen LogP contribution in [0.15, 0.2) is 24.3 Å². The molecule has 0 bridgehead atoms. The van der Waals surface area contributed by atoms with Crippen molar-refractivity contribution in [3.63, 3.8) is 0 Å². The molecule has 9 heteroatoms. The first-order valence-corrected chi connectivity index (χ1v) is 12.1. The van der Waals surface area contributed by atoms with Gasteiger partial charge in [0.05, 0.1) is 0 Å². The van der Waals surface area contributed by atoms with Crippen molar-refractivity contribution in [3.8, 4) is 5.75 Å². The number of hydrogen-bond acceptors (Lipinski definition) is 6. The van der Waals surface area contributed by atoms with Crippen LogP contribution in [0.5, 0.6) is 5.75 Å². The molecular weight excluding hydrogens is 392 g/mol. The summed E-state index contributed by atoms with van der Waals surface area (Å²) in [7, 11) is -10.0. The summed E-state index contributed by atoms with van der Waals surface area (Å²) in [6.45, 7) is 2.22. The van der Waals surface area contributed by atoms with Gasteiger partial charge in [0, 0.05) is 0 Å². The second-order valence-electron chi connectivity index (χ2n) is 6.56. The van der Waals surface area contributed by atoms with Crippen LogP contribution in [0.25, 0.3) is 0 Å². The quantitative estimate of drug-likeness (QED) is 0.325. The standard InChI is InChI=1S/C18H30O7S2/c1-2-3-4-5-6-7-8-9-10-11-12-17-13-15-18(16-14-17)24-27(22,23)25-26(19,20)21/h13-16H,2-12H2,1H3,(H,19,20,21). The summed E-state index contributed by atoms with van der Waals surface area (Å²) >= 11 is 0. The minimum atomic E-state index is -5.15. The summed E-state index contributed by atoms with van der Waals surface area (Å²) < 4.78 is 59.8. The Bertz CT molecular complexity index is 725. The molecule has 0 amide bonds. The summed E-state index contributed by atoms with van der Waals surface area (Å²) in [5.41, 5.74) is 1.04. The molecule has 7 nitrogen and oxygen atoms in total. The van der Waals surface area contributed by atoms with Gasteiger partial charge >= 0.3 is 20.8 Å². The topological polar surface area (TPSA) is 107 Å². The zero-order chi connectivity index (χ0) is 20.2. The summed E-state index contributed by atoms with van der Waals surface area (Å²) in [6, 6.07) is 6.26. The van der Waals surface area contributed by atoms with Gasteiger partial charge in [0.1, 0.15) is 5.75 Å². The number of rotatable bonds is 15. The summed E-state index contributed by atoms with van der Waals surface area (Å²) in [6.07, 6.45) is 13.5. The zero-order valence-electron chi connectivity index (χ0n) is 15.8. The Hall–Kier alpha value is -1.16. The van der Waals surface area contributed by atoms with Gasteiger partial charge in [0.25, 0.3) is 0 Å². The number of aryl methyl sites for hydroxylation is 1. The van der Waals surface area contributed by atoms with E-state index < -0.39 is 20.8 Å². The molecule has 0 heterocycles. The van der Waals surface area contributed by atoms with Crippen molar-refractivity contribution < 1.29 is 29.2 Å². The van der Waals surface area contributed by atoms with Crippen molar-refractivity contribution in [1.82, 2.24) is 0 Å². The molecule has 0 aliphatic rings. The monoisotopic (exact) mass is 422 g/mol. The third-order valence-corrected chi connectivity index (χ3v) is 5.86. The third kappa shape index (κ3) is 12.8. The maximum Gasteiger partial charge on any atom is 0.465 e. The fourth-order valence-electron chi connectivity index (χ4n) is 2.77. The molecule has 0 fully saturated rings. The van der Waals surface area contributed by atoms with E-state index in [2.05, 4.69) is 14.7 Å². The highest BCUT2D eigenvalue weighted by Crippen LogP contribution is 2.18. The normalized spacial score (nSPS) is 12.2. The second-order valence-corrected chi connectivity index (χ2v) is 8.95. The van der Waals surface area contributed by atoms with Crippen LogP contribution in [0.2, 0.25) is 0 Å². The molecule has 0 saturated heterocycles. The van der Waals surface area contributed by atoms with Gasteiger partial charge in [-0.15, -0.1) is 0 Å². The maximum absolute atomic E-state index is 11.3. The predicted molar refractivity (Wildman–Crippen MR) is 104 cm³/mol. The van der Waals surface area contributed by atoms with Gasteiger partial charge in [-0.25, -0.2) is 0 Å². The number of benzene rings is 1. The Morgan fingerprint density at radius 2 is 1.26 bits per heavy atom. The Morgan fingerprint density at radius 3 is 1.74 bits per heavy atom. The van der Waals surface area contributed by atoms with E-state index in [0.717, 1.165) is 24.8 Å². The first kappa shape index (κ1) is 23.9. The molecule has 0 unspecified atom stereocenters. The van der Waals surface area contributed by atoms with Gasteiger partial charge in [-0.05, 0) is 30.5 Å². The molecule has 27 heavy (non-hydrogen) atoms. The molecule has 1 rings (SSSR count). The molecule has 1 aromatic carbocycles. The van der Waals surface area contributed by atoms with Gasteiger partial charge in [-0.2, -0.15) is 16.8 Å². The van der Waals surface area contributed by atoms with E-state index >= 15 is 0 Å². The van der Waals surface area contributed by atoms with E-state index in [1.807, 2.05) is 0 Å². The average Bonchev–Trinajstić information content (AvgIpc) is 2.55. The fourth-order valence-corrected chi connectivity index (χ4v) is 4.07. The number of unbranched alkanes of at least 4 members (excludes halogenated alkanes) is 9. The van der Waals surface area contributed by atoms with Crippen LogP contribution in [-0.4, -0.2) is 21.4 Å². The highest BCUT2D eigenvalue weighted by molar-refractivity contribution is 7.95. The molecule has 0 aromatic heterocycles. The van der Waals surface area contributed by atoms with Gasteiger partial charge in [-0.3, -0.25) is 4.55 Å². The lowest BCUT2D eigenvalue weighted by Gasteiger charge is -2.06.